The van der Waals surface area contributed by atoms with Crippen molar-refractivity contribution in [3.8, 4) is 0 Å². The number of aliphatic hydroxyl groups is 1. The van der Waals surface area contributed by atoms with Crippen molar-refractivity contribution in [2.45, 2.75) is 31.4 Å². The molecule has 0 aliphatic carbocycles. The highest BCUT2D eigenvalue weighted by Crippen LogP contribution is 2.15. The van der Waals surface area contributed by atoms with Gasteiger partial charge in [0.15, 0.2) is 11.1 Å². The summed E-state index contributed by atoms with van der Waals surface area (Å²) >= 11 is 0. The second-order valence-electron chi connectivity index (χ2n) is 6.61. The Morgan fingerprint density at radius 2 is 1.69 bits per heavy atom. The molecule has 1 heterocycles. The third-order valence-electron chi connectivity index (χ3n) is 3.82. The van der Waals surface area contributed by atoms with Gasteiger partial charge in [-0.05, 0) is 26.2 Å². The molecule has 0 atom stereocenters. The van der Waals surface area contributed by atoms with E-state index in [-0.39, 0.29) is 0 Å². The van der Waals surface area contributed by atoms with Crippen molar-refractivity contribution in [3.63, 3.8) is 0 Å². The summed E-state index contributed by atoms with van der Waals surface area (Å²) in [6.07, 6.45) is -1.30. The third kappa shape index (κ3) is 7.35. The van der Waals surface area contributed by atoms with Crippen LogP contribution >= 0.6 is 0 Å². The Balaban J connectivity index is 0.000000298. The van der Waals surface area contributed by atoms with Gasteiger partial charge in [0.05, 0.1) is 18.1 Å². The molecule has 12 heteroatoms. The van der Waals surface area contributed by atoms with Crippen molar-refractivity contribution in [1.29, 1.82) is 0 Å². The Bertz CT molecular complexity index is 848. The van der Waals surface area contributed by atoms with E-state index in [9.17, 15) is 19.6 Å². The summed E-state index contributed by atoms with van der Waals surface area (Å²) in [6, 6.07) is 7.49. The lowest BCUT2D eigenvalue weighted by molar-refractivity contribution is -0.646. The number of carboxylic acid groups (broad SMARTS) is 3. The van der Waals surface area contributed by atoms with Gasteiger partial charge in [0.2, 0.25) is 5.52 Å². The third-order valence-corrected chi connectivity index (χ3v) is 3.82. The number of carbonyl (C=O) groups is 3. The normalized spacial score (nSPS) is 11.2. The molecule has 1 aromatic heterocycles. The Kier molecular flexibility index (Phi) is 8.48. The highest BCUT2D eigenvalue weighted by Gasteiger charge is 2.40. The highest BCUT2D eigenvalue weighted by molar-refractivity contribution is 5.88. The quantitative estimate of drug-likeness (QED) is 0.306. The number of fused-ring (bicyclic) bond motifs is 1. The van der Waals surface area contributed by atoms with Crippen LogP contribution in [0.1, 0.15) is 19.3 Å². The molecule has 0 bridgehead atoms. The van der Waals surface area contributed by atoms with Gasteiger partial charge in [-0.1, -0.05) is 12.1 Å². The van der Waals surface area contributed by atoms with Gasteiger partial charge in [-0.15, -0.1) is 9.53 Å². The van der Waals surface area contributed by atoms with Crippen LogP contribution in [0.5, 0.6) is 0 Å². The summed E-state index contributed by atoms with van der Waals surface area (Å²) in [6.45, 7) is 1.76. The Labute approximate surface area is 165 Å². The van der Waals surface area contributed by atoms with E-state index in [1.165, 1.54) is 0 Å². The van der Waals surface area contributed by atoms with Crippen LogP contribution in [0.25, 0.3) is 11.0 Å². The molecule has 12 nitrogen and oxygen atoms in total. The van der Waals surface area contributed by atoms with Gasteiger partial charge in [0.25, 0.3) is 0 Å². The molecular formula is C17H24N4O8. The van der Waals surface area contributed by atoms with Gasteiger partial charge in [-0.2, -0.15) is 0 Å². The first-order chi connectivity index (χ1) is 13.5. The number of hydrogen-bond donors (Lipinski definition) is 4. The van der Waals surface area contributed by atoms with Crippen LogP contribution in [0, 0.1) is 5.21 Å². The summed E-state index contributed by atoms with van der Waals surface area (Å²) in [5.74, 6) is -5.02. The number of nitrogens with zero attached hydrogens (tertiary/aromatic N) is 4. The van der Waals surface area contributed by atoms with E-state index in [2.05, 4.69) is 10.1 Å². The van der Waals surface area contributed by atoms with E-state index in [0.29, 0.717) is 10.4 Å². The second kappa shape index (κ2) is 10.3. The molecule has 160 valence electrons. The molecule has 0 aliphatic heterocycles. The van der Waals surface area contributed by atoms with Crippen LogP contribution < -0.4 is 4.85 Å². The molecule has 0 aliphatic rings. The van der Waals surface area contributed by atoms with Crippen molar-refractivity contribution in [3.05, 3.63) is 29.5 Å². The van der Waals surface area contributed by atoms with Crippen LogP contribution in [0.15, 0.2) is 24.3 Å². The molecule has 0 spiro atoms. The van der Waals surface area contributed by atoms with E-state index >= 15 is 0 Å². The van der Waals surface area contributed by atoms with Gasteiger partial charge in [-0.25, -0.2) is 4.79 Å². The first kappa shape index (κ1) is 23.8. The Morgan fingerprint density at radius 1 is 1.14 bits per heavy atom. The van der Waals surface area contributed by atoms with Gasteiger partial charge in [0.1, 0.15) is 6.54 Å². The largest absolute Gasteiger partial charge is 0.691 e. The van der Waals surface area contributed by atoms with Gasteiger partial charge in [0, 0.05) is 13.0 Å². The lowest BCUT2D eigenvalue weighted by Gasteiger charge is -2.18. The standard InChI is InChI=1S/C11H16N4O.C6H8O7/c1-13(2)8-5-9-14-10-6-3-4-7-11(10)15(16)12-14;7-3(8)1-6(13,5(11)12)2-4(9)10/h3-4,6-7H,5,8-9H2,1-2H3;13H,1-2H2,(H,7,8)(H,9,10)(H,11,12). The zero-order valence-corrected chi connectivity index (χ0v) is 16.1. The second-order valence-corrected chi connectivity index (χ2v) is 6.61. The molecule has 0 amide bonds. The van der Waals surface area contributed by atoms with Crippen molar-refractivity contribution in [2.24, 2.45) is 0 Å². The highest BCUT2D eigenvalue weighted by atomic mass is 16.5. The first-order valence-electron chi connectivity index (χ1n) is 8.56. The predicted molar refractivity (Wildman–Crippen MR) is 99.0 cm³/mol. The Hall–Kier alpha value is -3.25. The average molecular weight is 412 g/mol. The minimum Gasteiger partial charge on any atom is -0.691 e. The van der Waals surface area contributed by atoms with Crippen molar-refractivity contribution < 1.29 is 39.7 Å². The van der Waals surface area contributed by atoms with Gasteiger partial charge < -0.3 is 30.5 Å². The molecule has 4 N–H and O–H groups in total. The topological polar surface area (TPSA) is 180 Å². The molecule has 1 aromatic carbocycles. The first-order valence-corrected chi connectivity index (χ1v) is 8.56. The number of aromatic nitrogens is 3. The van der Waals surface area contributed by atoms with E-state index in [1.54, 1.807) is 10.7 Å². The maximum Gasteiger partial charge on any atom is 0.336 e. The molecule has 29 heavy (non-hydrogen) atoms. The van der Waals surface area contributed by atoms with E-state index in [1.807, 2.05) is 32.3 Å². The minimum absolute atomic E-state index is 0.632. The number of carboxylic acids is 3. The van der Waals surface area contributed by atoms with Crippen LogP contribution in [0.3, 0.4) is 0 Å². The maximum atomic E-state index is 11.5. The molecular weight excluding hydrogens is 388 g/mol. The average Bonchev–Trinajstić information content (AvgIpc) is 2.90. The smallest absolute Gasteiger partial charge is 0.336 e. The number of para-hydroxylation sites is 2. The predicted octanol–water partition coefficient (Wildman–Crippen LogP) is -0.627. The van der Waals surface area contributed by atoms with Crippen molar-refractivity contribution in [1.82, 2.24) is 14.8 Å². The van der Waals surface area contributed by atoms with Crippen molar-refractivity contribution >= 4 is 28.9 Å². The van der Waals surface area contributed by atoms with Crippen LogP contribution in [-0.4, -0.2) is 79.4 Å². The SMILES string of the molecule is CN(C)CCCn1n[n+]([O-])c2ccccc21.O=C(O)CC(O)(CC(=O)O)C(=O)O. The Morgan fingerprint density at radius 3 is 2.17 bits per heavy atom. The lowest BCUT2D eigenvalue weighted by atomic mass is 9.96. The zero-order chi connectivity index (χ0) is 22.2. The molecule has 2 aromatic rings. The molecule has 2 rings (SSSR count). The number of aliphatic carboxylic acids is 3. The molecule has 0 saturated carbocycles. The fourth-order valence-electron chi connectivity index (χ4n) is 2.45. The monoisotopic (exact) mass is 412 g/mol. The minimum atomic E-state index is -2.74. The summed E-state index contributed by atoms with van der Waals surface area (Å²) in [4.78, 5) is 33.3. The summed E-state index contributed by atoms with van der Waals surface area (Å²) < 4.78 is 1.77. The number of aryl methyl sites for hydroxylation is 1. The fourth-order valence-corrected chi connectivity index (χ4v) is 2.45. The van der Waals surface area contributed by atoms with E-state index in [0.717, 1.165) is 25.0 Å². The van der Waals surface area contributed by atoms with Crippen LogP contribution in [0.2, 0.25) is 0 Å². The van der Waals surface area contributed by atoms with E-state index < -0.39 is 36.4 Å². The summed E-state index contributed by atoms with van der Waals surface area (Å²) in [5.41, 5.74) is -1.21. The molecule has 0 radical (unpaired) electrons. The number of rotatable bonds is 9. The van der Waals surface area contributed by atoms with Gasteiger partial charge in [-0.3, -0.25) is 9.59 Å². The van der Waals surface area contributed by atoms with Crippen molar-refractivity contribution in [2.75, 3.05) is 20.6 Å². The maximum absolute atomic E-state index is 11.5. The van der Waals surface area contributed by atoms with Gasteiger partial charge >= 0.3 is 17.9 Å². The number of benzene rings is 1. The molecule has 0 unspecified atom stereocenters. The molecule has 0 saturated heterocycles. The zero-order valence-electron chi connectivity index (χ0n) is 16.1. The van der Waals surface area contributed by atoms with Crippen LogP contribution in [-0.2, 0) is 20.9 Å². The lowest BCUT2D eigenvalue weighted by Crippen LogP contribution is -2.42. The number of hydrogen-bond acceptors (Lipinski definition) is 7. The van der Waals surface area contributed by atoms with Crippen LogP contribution in [0.4, 0.5) is 0 Å². The fraction of sp³-hybridized carbons (Fsp3) is 0.471. The summed E-state index contributed by atoms with van der Waals surface area (Å²) in [5, 5.41) is 49.2. The molecule has 0 fully saturated rings. The van der Waals surface area contributed by atoms with E-state index in [4.69, 9.17) is 20.4 Å². The summed E-state index contributed by atoms with van der Waals surface area (Å²) in [7, 11) is 4.07.